The third kappa shape index (κ3) is 5.64. The van der Waals surface area contributed by atoms with E-state index in [1.54, 1.807) is 0 Å². The van der Waals surface area contributed by atoms with Crippen molar-refractivity contribution in [3.63, 3.8) is 0 Å². The molecule has 0 bridgehead atoms. The summed E-state index contributed by atoms with van der Waals surface area (Å²) in [4.78, 5) is 2.41. The average Bonchev–Trinajstić information content (AvgIpc) is 3.81. The maximum atomic E-state index is 6.97. The molecular weight excluding hydrogens is 739 g/mol. The molecule has 0 spiro atoms. The van der Waals surface area contributed by atoms with Gasteiger partial charge in [-0.15, -0.1) is 0 Å². The van der Waals surface area contributed by atoms with Crippen molar-refractivity contribution in [2.45, 2.75) is 19.3 Å². The van der Waals surface area contributed by atoms with E-state index < -0.39 is 0 Å². The second-order valence-electron chi connectivity index (χ2n) is 16.9. The summed E-state index contributed by atoms with van der Waals surface area (Å²) in [7, 11) is 0. The summed E-state index contributed by atoms with van der Waals surface area (Å²) in [5.74, 6) is 0. The van der Waals surface area contributed by atoms with Crippen LogP contribution in [0, 0.1) is 0 Å². The van der Waals surface area contributed by atoms with Crippen molar-refractivity contribution in [1.82, 2.24) is 0 Å². The first kappa shape index (κ1) is 35.3. The molecule has 2 heteroatoms. The van der Waals surface area contributed by atoms with E-state index in [9.17, 15) is 0 Å². The van der Waals surface area contributed by atoms with E-state index >= 15 is 0 Å². The molecule has 1 aliphatic carbocycles. The molecule has 0 N–H and O–H groups in total. The van der Waals surface area contributed by atoms with Crippen LogP contribution in [0.5, 0.6) is 0 Å². The number of nitrogens with zero attached hydrogens (tertiary/aromatic N) is 1. The monoisotopic (exact) mass is 779 g/mol. The Kier molecular flexibility index (Phi) is 7.92. The Bertz CT molecular complexity index is 3490. The lowest BCUT2D eigenvalue weighted by atomic mass is 9.82. The molecule has 0 aliphatic heterocycles. The Morgan fingerprint density at radius 2 is 0.918 bits per heavy atom. The van der Waals surface area contributed by atoms with Crippen LogP contribution in [0.3, 0.4) is 0 Å². The fourth-order valence-corrected chi connectivity index (χ4v) is 9.95. The zero-order valence-corrected chi connectivity index (χ0v) is 34.1. The Balaban J connectivity index is 1.03. The van der Waals surface area contributed by atoms with E-state index in [4.69, 9.17) is 4.42 Å². The third-order valence-electron chi connectivity index (χ3n) is 13.0. The molecule has 12 rings (SSSR count). The van der Waals surface area contributed by atoms with Gasteiger partial charge in [0.25, 0.3) is 0 Å². The van der Waals surface area contributed by atoms with Gasteiger partial charge in [0.15, 0.2) is 0 Å². The summed E-state index contributed by atoms with van der Waals surface area (Å²) < 4.78 is 6.97. The fourth-order valence-electron chi connectivity index (χ4n) is 9.95. The van der Waals surface area contributed by atoms with E-state index in [0.717, 1.165) is 66.6 Å². The van der Waals surface area contributed by atoms with Gasteiger partial charge >= 0.3 is 0 Å². The van der Waals surface area contributed by atoms with Gasteiger partial charge in [-0.25, -0.2) is 0 Å². The maximum absolute atomic E-state index is 6.97. The number of benzene rings is 10. The number of hydrogen-bond donors (Lipinski definition) is 0. The summed E-state index contributed by atoms with van der Waals surface area (Å²) in [5, 5.41) is 6.97. The average molecular weight is 780 g/mol. The largest absolute Gasteiger partial charge is 0.455 e. The minimum Gasteiger partial charge on any atom is -0.455 e. The molecule has 2 nitrogen and oxygen atoms in total. The topological polar surface area (TPSA) is 16.4 Å². The zero-order valence-electron chi connectivity index (χ0n) is 34.1. The molecule has 0 atom stereocenters. The van der Waals surface area contributed by atoms with Crippen LogP contribution in [0.4, 0.5) is 17.1 Å². The molecule has 1 aliphatic rings. The van der Waals surface area contributed by atoms with Crippen LogP contribution in [0.2, 0.25) is 0 Å². The number of hydrogen-bond acceptors (Lipinski definition) is 2. The van der Waals surface area contributed by atoms with Crippen molar-refractivity contribution in [2.75, 3.05) is 4.90 Å². The lowest BCUT2D eigenvalue weighted by Crippen LogP contribution is -2.16. The lowest BCUT2D eigenvalue weighted by Gasteiger charge is -2.28. The van der Waals surface area contributed by atoms with Crippen LogP contribution < -0.4 is 4.90 Å². The van der Waals surface area contributed by atoms with Crippen LogP contribution >= 0.6 is 0 Å². The van der Waals surface area contributed by atoms with E-state index in [0.29, 0.717) is 0 Å². The lowest BCUT2D eigenvalue weighted by molar-refractivity contribution is 0.660. The summed E-state index contributed by atoms with van der Waals surface area (Å²) >= 11 is 0. The molecule has 1 aromatic heterocycles. The minimum atomic E-state index is -0.110. The van der Waals surface area contributed by atoms with Crippen molar-refractivity contribution in [1.29, 1.82) is 0 Å². The molecule has 0 radical (unpaired) electrons. The minimum absolute atomic E-state index is 0.110. The molecule has 0 fully saturated rings. The SMILES string of the molecule is CC1(C)c2ccccc2-c2ccc(N(c3ccc(-c4cc(-c5ccccc5)c5oc6c7ccccc7c(-c7ccccc7)cc6c5c4)cc3)c3ccc4ccccc4c3)cc21. The van der Waals surface area contributed by atoms with Crippen molar-refractivity contribution in [3.8, 4) is 44.5 Å². The van der Waals surface area contributed by atoms with Crippen molar-refractivity contribution in [2.24, 2.45) is 0 Å². The van der Waals surface area contributed by atoms with Gasteiger partial charge in [-0.1, -0.05) is 172 Å². The van der Waals surface area contributed by atoms with Crippen molar-refractivity contribution in [3.05, 3.63) is 223 Å². The number of rotatable bonds is 6. The summed E-state index contributed by atoms with van der Waals surface area (Å²) in [5.41, 5.74) is 17.4. The van der Waals surface area contributed by atoms with E-state index in [-0.39, 0.29) is 5.41 Å². The second kappa shape index (κ2) is 13.7. The van der Waals surface area contributed by atoms with Crippen molar-refractivity contribution < 1.29 is 4.42 Å². The van der Waals surface area contributed by atoms with Gasteiger partial charge in [-0.05, 0) is 121 Å². The molecule has 1 heterocycles. The van der Waals surface area contributed by atoms with Crippen LogP contribution in [0.1, 0.15) is 25.0 Å². The van der Waals surface area contributed by atoms with Gasteiger partial charge < -0.3 is 9.32 Å². The Labute approximate surface area is 355 Å². The molecule has 288 valence electrons. The highest BCUT2D eigenvalue weighted by Gasteiger charge is 2.35. The molecule has 61 heavy (non-hydrogen) atoms. The first-order valence-electron chi connectivity index (χ1n) is 21.2. The Morgan fingerprint density at radius 1 is 0.328 bits per heavy atom. The van der Waals surface area contributed by atoms with E-state index in [1.165, 1.54) is 49.5 Å². The Morgan fingerprint density at radius 3 is 1.70 bits per heavy atom. The van der Waals surface area contributed by atoms with Crippen molar-refractivity contribution >= 4 is 60.5 Å². The predicted molar refractivity (Wildman–Crippen MR) is 257 cm³/mol. The molecule has 11 aromatic rings. The van der Waals surface area contributed by atoms with Crippen LogP contribution in [0.15, 0.2) is 217 Å². The standard InChI is InChI=1S/C59H41NO/c1-59(2)55-24-14-13-22-48(55)49-32-31-46(36-56(49)59)60(45-30-27-38-15-9-10-20-42(38)33-45)44-28-25-39(26-29-44)43-34-52(41-18-7-4-8-19-41)58-53(35-43)54-37-51(40-16-5-3-6-17-40)47-21-11-12-23-50(47)57(54)61-58/h3-37H,1-2H3. The van der Waals surface area contributed by atoms with Crippen LogP contribution in [-0.4, -0.2) is 0 Å². The molecule has 0 saturated heterocycles. The van der Waals surface area contributed by atoms with Crippen LogP contribution in [0.25, 0.3) is 88.0 Å². The Hall–Kier alpha value is -7.68. The van der Waals surface area contributed by atoms with Gasteiger partial charge in [-0.3, -0.25) is 0 Å². The van der Waals surface area contributed by atoms with Gasteiger partial charge in [-0.2, -0.15) is 0 Å². The fraction of sp³-hybridized carbons (Fsp3) is 0.0508. The predicted octanol–water partition coefficient (Wildman–Crippen LogP) is 16.7. The first-order valence-corrected chi connectivity index (χ1v) is 21.2. The first-order chi connectivity index (χ1) is 30.0. The summed E-state index contributed by atoms with van der Waals surface area (Å²) in [6.45, 7) is 4.70. The maximum Gasteiger partial charge on any atom is 0.143 e. The van der Waals surface area contributed by atoms with Gasteiger partial charge in [0.05, 0.1) is 0 Å². The smallest absolute Gasteiger partial charge is 0.143 e. The van der Waals surface area contributed by atoms with Gasteiger partial charge in [0, 0.05) is 44.2 Å². The molecular formula is C59H41NO. The number of anilines is 3. The van der Waals surface area contributed by atoms with Gasteiger partial charge in [0.1, 0.15) is 11.2 Å². The van der Waals surface area contributed by atoms with Gasteiger partial charge in [0.2, 0.25) is 0 Å². The van der Waals surface area contributed by atoms with Crippen LogP contribution in [-0.2, 0) is 5.41 Å². The normalized spacial score (nSPS) is 12.9. The number of furan rings is 1. The molecule has 10 aromatic carbocycles. The highest BCUT2D eigenvalue weighted by molar-refractivity contribution is 6.21. The summed E-state index contributed by atoms with van der Waals surface area (Å²) in [6, 6.07) is 77.3. The highest BCUT2D eigenvalue weighted by Crippen LogP contribution is 2.51. The zero-order chi connectivity index (χ0) is 40.7. The van der Waals surface area contributed by atoms with E-state index in [1.807, 2.05) is 0 Å². The second-order valence-corrected chi connectivity index (χ2v) is 16.9. The number of fused-ring (bicyclic) bond motifs is 9. The molecule has 0 unspecified atom stereocenters. The van der Waals surface area contributed by atoms with E-state index in [2.05, 4.69) is 231 Å². The molecule has 0 amide bonds. The summed E-state index contributed by atoms with van der Waals surface area (Å²) in [6.07, 6.45) is 0. The third-order valence-corrected chi connectivity index (χ3v) is 13.0. The quantitative estimate of drug-likeness (QED) is 0.167. The highest BCUT2D eigenvalue weighted by atomic mass is 16.3. The molecule has 0 saturated carbocycles.